The van der Waals surface area contributed by atoms with Crippen LogP contribution in [0.4, 0.5) is 0 Å². The summed E-state index contributed by atoms with van der Waals surface area (Å²) in [5.74, 6) is 0.490. The lowest BCUT2D eigenvalue weighted by Gasteiger charge is -2.12. The number of rotatable bonds is 4. The third-order valence-corrected chi connectivity index (χ3v) is 2.54. The van der Waals surface area contributed by atoms with Crippen LogP contribution in [0, 0.1) is 0 Å². The van der Waals surface area contributed by atoms with Gasteiger partial charge < -0.3 is 10.5 Å². The molecule has 0 saturated heterocycles. The number of ether oxygens (including phenoxy) is 1. The highest BCUT2D eigenvalue weighted by molar-refractivity contribution is 6.29. The zero-order chi connectivity index (χ0) is 12.1. The second-order valence-corrected chi connectivity index (χ2v) is 4.01. The van der Waals surface area contributed by atoms with Gasteiger partial charge in [-0.05, 0) is 11.6 Å². The van der Waals surface area contributed by atoms with Gasteiger partial charge in [0.25, 0.3) is 0 Å². The van der Waals surface area contributed by atoms with E-state index in [1.165, 1.54) is 0 Å². The van der Waals surface area contributed by atoms with E-state index in [9.17, 15) is 0 Å². The van der Waals surface area contributed by atoms with E-state index in [1.54, 1.807) is 18.2 Å². The van der Waals surface area contributed by atoms with Gasteiger partial charge in [-0.25, -0.2) is 4.98 Å². The first kappa shape index (κ1) is 11.9. The van der Waals surface area contributed by atoms with Gasteiger partial charge in [0, 0.05) is 6.07 Å². The maximum absolute atomic E-state index is 6.00. The SMILES string of the molecule is NC(COc1cccc(Cl)n1)c1ccccc1. The Bertz CT molecular complexity index is 476. The summed E-state index contributed by atoms with van der Waals surface area (Å²) < 4.78 is 5.48. The van der Waals surface area contributed by atoms with E-state index in [-0.39, 0.29) is 6.04 Å². The lowest BCUT2D eigenvalue weighted by Crippen LogP contribution is -2.19. The molecule has 2 N–H and O–H groups in total. The van der Waals surface area contributed by atoms with Gasteiger partial charge in [0.2, 0.25) is 5.88 Å². The summed E-state index contributed by atoms with van der Waals surface area (Å²) >= 11 is 5.75. The van der Waals surface area contributed by atoms with Crippen molar-refractivity contribution in [2.24, 2.45) is 5.73 Å². The topological polar surface area (TPSA) is 48.1 Å². The largest absolute Gasteiger partial charge is 0.476 e. The van der Waals surface area contributed by atoms with E-state index in [0.29, 0.717) is 17.6 Å². The van der Waals surface area contributed by atoms with Gasteiger partial charge in [0.05, 0.1) is 6.04 Å². The first-order valence-electron chi connectivity index (χ1n) is 5.31. The van der Waals surface area contributed by atoms with Crippen molar-refractivity contribution < 1.29 is 4.74 Å². The number of aromatic nitrogens is 1. The van der Waals surface area contributed by atoms with Crippen LogP contribution in [0.3, 0.4) is 0 Å². The Hall–Kier alpha value is -1.58. The summed E-state index contributed by atoms with van der Waals surface area (Å²) in [5.41, 5.74) is 7.03. The molecular weight excluding hydrogens is 236 g/mol. The minimum Gasteiger partial charge on any atom is -0.476 e. The maximum Gasteiger partial charge on any atom is 0.214 e. The molecule has 0 radical (unpaired) electrons. The van der Waals surface area contributed by atoms with Crippen molar-refractivity contribution in [2.45, 2.75) is 6.04 Å². The number of pyridine rings is 1. The molecule has 17 heavy (non-hydrogen) atoms. The van der Waals surface area contributed by atoms with E-state index in [1.807, 2.05) is 30.3 Å². The van der Waals surface area contributed by atoms with Crippen molar-refractivity contribution in [3.63, 3.8) is 0 Å². The number of hydrogen-bond acceptors (Lipinski definition) is 3. The van der Waals surface area contributed by atoms with Crippen molar-refractivity contribution in [1.82, 2.24) is 4.98 Å². The summed E-state index contributed by atoms with van der Waals surface area (Å²) in [6.07, 6.45) is 0. The average molecular weight is 249 g/mol. The molecule has 88 valence electrons. The highest BCUT2D eigenvalue weighted by Crippen LogP contribution is 2.14. The van der Waals surface area contributed by atoms with Crippen LogP contribution in [0.15, 0.2) is 48.5 Å². The quantitative estimate of drug-likeness (QED) is 0.847. The number of benzene rings is 1. The normalized spacial score (nSPS) is 12.1. The second kappa shape index (κ2) is 5.66. The lowest BCUT2D eigenvalue weighted by atomic mass is 10.1. The van der Waals surface area contributed by atoms with E-state index in [2.05, 4.69) is 4.98 Å². The van der Waals surface area contributed by atoms with Crippen LogP contribution in [0.1, 0.15) is 11.6 Å². The van der Waals surface area contributed by atoms with E-state index >= 15 is 0 Å². The predicted molar refractivity (Wildman–Crippen MR) is 68.1 cm³/mol. The van der Waals surface area contributed by atoms with Crippen molar-refractivity contribution in [3.8, 4) is 5.88 Å². The van der Waals surface area contributed by atoms with Gasteiger partial charge in [0.1, 0.15) is 11.8 Å². The zero-order valence-electron chi connectivity index (χ0n) is 9.21. The molecule has 2 aromatic rings. The zero-order valence-corrected chi connectivity index (χ0v) is 9.97. The van der Waals surface area contributed by atoms with Crippen LogP contribution < -0.4 is 10.5 Å². The molecule has 1 aromatic carbocycles. The standard InChI is InChI=1S/C13H13ClN2O/c14-12-7-4-8-13(16-12)17-9-11(15)10-5-2-1-3-6-10/h1-8,11H,9,15H2. The fourth-order valence-corrected chi connectivity index (χ4v) is 1.60. The number of nitrogens with zero attached hydrogens (tertiary/aromatic N) is 1. The van der Waals surface area contributed by atoms with Gasteiger partial charge in [-0.15, -0.1) is 0 Å². The molecule has 2 rings (SSSR count). The fraction of sp³-hybridized carbons (Fsp3) is 0.154. The summed E-state index contributed by atoms with van der Waals surface area (Å²) in [6, 6.07) is 14.9. The molecule has 0 aliphatic heterocycles. The maximum atomic E-state index is 6.00. The Kier molecular flexibility index (Phi) is 3.96. The Morgan fingerprint density at radius 1 is 1.12 bits per heavy atom. The summed E-state index contributed by atoms with van der Waals surface area (Å²) in [5, 5.41) is 0.413. The molecule has 0 saturated carbocycles. The molecule has 0 fully saturated rings. The highest BCUT2D eigenvalue weighted by atomic mass is 35.5. The van der Waals surface area contributed by atoms with Crippen molar-refractivity contribution in [1.29, 1.82) is 0 Å². The van der Waals surface area contributed by atoms with Gasteiger partial charge in [-0.2, -0.15) is 0 Å². The van der Waals surface area contributed by atoms with Crippen molar-refractivity contribution in [3.05, 3.63) is 59.2 Å². The summed E-state index contributed by atoms with van der Waals surface area (Å²) in [4.78, 5) is 4.03. The van der Waals surface area contributed by atoms with Crippen LogP contribution in [-0.4, -0.2) is 11.6 Å². The average Bonchev–Trinajstić information content (AvgIpc) is 2.37. The summed E-state index contributed by atoms with van der Waals surface area (Å²) in [6.45, 7) is 0.372. The smallest absolute Gasteiger partial charge is 0.214 e. The molecule has 4 heteroatoms. The second-order valence-electron chi connectivity index (χ2n) is 3.63. The number of halogens is 1. The molecule has 0 bridgehead atoms. The molecule has 1 heterocycles. The Balaban J connectivity index is 1.95. The van der Waals surface area contributed by atoms with Crippen molar-refractivity contribution in [2.75, 3.05) is 6.61 Å². The Labute approximate surface area is 105 Å². The Morgan fingerprint density at radius 3 is 2.59 bits per heavy atom. The molecule has 0 amide bonds. The lowest BCUT2D eigenvalue weighted by molar-refractivity contribution is 0.280. The van der Waals surface area contributed by atoms with Crippen LogP contribution in [0.2, 0.25) is 5.15 Å². The molecule has 1 aromatic heterocycles. The van der Waals surface area contributed by atoms with Gasteiger partial charge in [-0.3, -0.25) is 0 Å². The minimum absolute atomic E-state index is 0.169. The van der Waals surface area contributed by atoms with Crippen LogP contribution >= 0.6 is 11.6 Å². The summed E-state index contributed by atoms with van der Waals surface area (Å²) in [7, 11) is 0. The molecule has 1 atom stereocenters. The monoisotopic (exact) mass is 248 g/mol. The van der Waals surface area contributed by atoms with Gasteiger partial charge >= 0.3 is 0 Å². The third-order valence-electron chi connectivity index (χ3n) is 2.33. The first-order chi connectivity index (χ1) is 8.25. The van der Waals surface area contributed by atoms with E-state index < -0.39 is 0 Å². The fourth-order valence-electron chi connectivity index (χ4n) is 1.44. The van der Waals surface area contributed by atoms with E-state index in [0.717, 1.165) is 5.56 Å². The van der Waals surface area contributed by atoms with Crippen molar-refractivity contribution >= 4 is 11.6 Å². The van der Waals surface area contributed by atoms with Crippen LogP contribution in [0.25, 0.3) is 0 Å². The van der Waals surface area contributed by atoms with Crippen LogP contribution in [-0.2, 0) is 0 Å². The third kappa shape index (κ3) is 3.44. The van der Waals surface area contributed by atoms with Gasteiger partial charge in [0.15, 0.2) is 0 Å². The minimum atomic E-state index is -0.169. The molecule has 0 spiro atoms. The molecule has 0 aliphatic rings. The highest BCUT2D eigenvalue weighted by Gasteiger charge is 2.06. The first-order valence-corrected chi connectivity index (χ1v) is 5.69. The van der Waals surface area contributed by atoms with Gasteiger partial charge in [-0.1, -0.05) is 48.0 Å². The van der Waals surface area contributed by atoms with Crippen LogP contribution in [0.5, 0.6) is 5.88 Å². The Morgan fingerprint density at radius 2 is 1.88 bits per heavy atom. The number of nitrogens with two attached hydrogens (primary N) is 1. The number of hydrogen-bond donors (Lipinski definition) is 1. The molecule has 0 aliphatic carbocycles. The predicted octanol–water partition coefficient (Wildman–Crippen LogP) is 2.81. The molecule has 1 unspecified atom stereocenters. The molecular formula is C13H13ClN2O. The molecule has 3 nitrogen and oxygen atoms in total. The van der Waals surface area contributed by atoms with E-state index in [4.69, 9.17) is 22.1 Å².